The van der Waals surface area contributed by atoms with Crippen LogP contribution < -0.4 is 5.32 Å². The first-order valence-electron chi connectivity index (χ1n) is 6.87. The van der Waals surface area contributed by atoms with E-state index >= 15 is 0 Å². The first kappa shape index (κ1) is 15.3. The average Bonchev–Trinajstić information content (AvgIpc) is 2.42. The quantitative estimate of drug-likeness (QED) is 0.887. The van der Waals surface area contributed by atoms with Crippen molar-refractivity contribution in [2.45, 2.75) is 42.7 Å². The normalized spacial score (nSPS) is 23.8. The third-order valence-corrected chi connectivity index (χ3v) is 5.53. The summed E-state index contributed by atoms with van der Waals surface area (Å²) >= 11 is 0. The van der Waals surface area contributed by atoms with E-state index in [1.807, 2.05) is 0 Å². The maximum absolute atomic E-state index is 11.9. The maximum Gasteiger partial charge on any atom is 0.242 e. The molecule has 1 fully saturated rings. The Balaban J connectivity index is 2.02. The van der Waals surface area contributed by atoms with E-state index in [0.29, 0.717) is 10.9 Å². The van der Waals surface area contributed by atoms with Gasteiger partial charge in [0.15, 0.2) is 0 Å². The molecule has 0 aromatic heterocycles. The topological polar surface area (TPSA) is 69.6 Å². The summed E-state index contributed by atoms with van der Waals surface area (Å²) in [5.74, 6) is 0. The van der Waals surface area contributed by atoms with Gasteiger partial charge in [0.2, 0.25) is 10.0 Å². The second kappa shape index (κ2) is 6.11. The lowest BCUT2D eigenvalue weighted by Crippen LogP contribution is -2.28. The van der Waals surface area contributed by atoms with E-state index in [1.165, 1.54) is 18.4 Å². The van der Waals surface area contributed by atoms with E-state index in [4.69, 9.17) is 0 Å². The van der Waals surface area contributed by atoms with Gasteiger partial charge in [-0.15, -0.1) is 0 Å². The van der Waals surface area contributed by atoms with Crippen molar-refractivity contribution in [3.05, 3.63) is 24.3 Å². The molecule has 0 aliphatic heterocycles. The van der Waals surface area contributed by atoms with Crippen LogP contribution in [0.3, 0.4) is 0 Å². The molecule has 0 spiro atoms. The highest BCUT2D eigenvalue weighted by molar-refractivity contribution is 7.89. The molecule has 1 saturated carbocycles. The van der Waals surface area contributed by atoms with Crippen LogP contribution in [0.1, 0.15) is 25.7 Å². The maximum atomic E-state index is 11.9. The van der Waals surface area contributed by atoms with Crippen molar-refractivity contribution in [3.8, 4) is 0 Å². The summed E-state index contributed by atoms with van der Waals surface area (Å²) in [6.07, 6.45) is 3.37. The molecule has 0 saturated heterocycles. The van der Waals surface area contributed by atoms with E-state index in [1.54, 1.807) is 24.3 Å². The zero-order chi connectivity index (χ0) is 14.8. The Morgan fingerprint density at radius 1 is 1.10 bits per heavy atom. The number of hydrogen-bond acceptors (Lipinski definition) is 4. The fraction of sp³-hybridized carbons (Fsp3) is 0.571. The number of sulfonamides is 1. The first-order chi connectivity index (χ1) is 9.39. The lowest BCUT2D eigenvalue weighted by Gasteiger charge is -2.27. The number of rotatable bonds is 4. The minimum atomic E-state index is -3.36. The highest BCUT2D eigenvalue weighted by Gasteiger charge is 2.20. The van der Waals surface area contributed by atoms with Gasteiger partial charge in [-0.25, -0.2) is 12.7 Å². The van der Waals surface area contributed by atoms with Gasteiger partial charge in [0.1, 0.15) is 0 Å². The zero-order valence-electron chi connectivity index (χ0n) is 11.9. The summed E-state index contributed by atoms with van der Waals surface area (Å²) in [5, 5.41) is 12.9. The molecule has 5 nitrogen and oxygen atoms in total. The molecule has 0 atom stereocenters. The Hall–Kier alpha value is -1.11. The van der Waals surface area contributed by atoms with Gasteiger partial charge in [0.05, 0.1) is 11.0 Å². The largest absolute Gasteiger partial charge is 0.393 e. The van der Waals surface area contributed by atoms with Crippen LogP contribution in [0.2, 0.25) is 0 Å². The van der Waals surface area contributed by atoms with Gasteiger partial charge in [-0.2, -0.15) is 0 Å². The lowest BCUT2D eigenvalue weighted by atomic mass is 9.93. The summed E-state index contributed by atoms with van der Waals surface area (Å²) in [4.78, 5) is 0.298. The van der Waals surface area contributed by atoms with Crippen molar-refractivity contribution in [2.24, 2.45) is 0 Å². The van der Waals surface area contributed by atoms with Crippen molar-refractivity contribution in [2.75, 3.05) is 19.4 Å². The van der Waals surface area contributed by atoms with E-state index in [-0.39, 0.29) is 6.10 Å². The minimum Gasteiger partial charge on any atom is -0.393 e. The van der Waals surface area contributed by atoms with Gasteiger partial charge < -0.3 is 10.4 Å². The van der Waals surface area contributed by atoms with Crippen molar-refractivity contribution in [1.29, 1.82) is 0 Å². The summed E-state index contributed by atoms with van der Waals surface area (Å²) < 4.78 is 25.1. The molecule has 1 aliphatic carbocycles. The lowest BCUT2D eigenvalue weighted by molar-refractivity contribution is 0.126. The number of aliphatic hydroxyl groups is 1. The molecule has 0 radical (unpaired) electrons. The number of benzene rings is 1. The van der Waals surface area contributed by atoms with Gasteiger partial charge >= 0.3 is 0 Å². The van der Waals surface area contributed by atoms with Gasteiger partial charge in [-0.1, -0.05) is 0 Å². The van der Waals surface area contributed by atoms with Crippen LogP contribution in [0.5, 0.6) is 0 Å². The van der Waals surface area contributed by atoms with Crippen molar-refractivity contribution < 1.29 is 13.5 Å². The van der Waals surface area contributed by atoms with Gasteiger partial charge in [0, 0.05) is 25.8 Å². The molecule has 0 amide bonds. The number of hydrogen-bond donors (Lipinski definition) is 2. The Morgan fingerprint density at radius 2 is 1.65 bits per heavy atom. The van der Waals surface area contributed by atoms with E-state index in [0.717, 1.165) is 31.4 Å². The Labute approximate surface area is 120 Å². The second-order valence-electron chi connectivity index (χ2n) is 5.46. The summed E-state index contributed by atoms with van der Waals surface area (Å²) in [6.45, 7) is 0. The van der Waals surface area contributed by atoms with Crippen LogP contribution in [0.25, 0.3) is 0 Å². The molecule has 2 rings (SSSR count). The third kappa shape index (κ3) is 3.50. The molecule has 112 valence electrons. The van der Waals surface area contributed by atoms with E-state index < -0.39 is 10.0 Å². The van der Waals surface area contributed by atoms with Crippen LogP contribution in [0.15, 0.2) is 29.2 Å². The molecule has 6 heteroatoms. The van der Waals surface area contributed by atoms with Crippen LogP contribution in [-0.2, 0) is 10.0 Å². The predicted octanol–water partition coefficient (Wildman–Crippen LogP) is 1.65. The molecule has 2 N–H and O–H groups in total. The smallest absolute Gasteiger partial charge is 0.242 e. The molecular formula is C14H22N2O3S. The molecule has 0 bridgehead atoms. The number of anilines is 1. The van der Waals surface area contributed by atoms with Gasteiger partial charge in [-0.3, -0.25) is 0 Å². The summed E-state index contributed by atoms with van der Waals surface area (Å²) in [6, 6.07) is 7.18. The number of nitrogens with zero attached hydrogens (tertiary/aromatic N) is 1. The van der Waals surface area contributed by atoms with Crippen LogP contribution in [0.4, 0.5) is 5.69 Å². The van der Waals surface area contributed by atoms with Crippen molar-refractivity contribution in [3.63, 3.8) is 0 Å². The molecule has 1 aliphatic rings. The van der Waals surface area contributed by atoms with Gasteiger partial charge in [-0.05, 0) is 49.9 Å². The SMILES string of the molecule is CN(C)S(=O)(=O)c1ccc(NC2CCC(O)CC2)cc1. The number of nitrogens with one attached hydrogen (secondary N) is 1. The van der Waals surface area contributed by atoms with Crippen molar-refractivity contribution in [1.82, 2.24) is 4.31 Å². The minimum absolute atomic E-state index is 0.166. The standard InChI is InChI=1S/C14H22N2O3S/c1-16(2)20(18,19)14-9-5-12(6-10-14)15-11-3-7-13(17)8-4-11/h5-6,9-11,13,15,17H,3-4,7-8H2,1-2H3. The summed E-state index contributed by atoms with van der Waals surface area (Å²) in [7, 11) is -0.316. The van der Waals surface area contributed by atoms with Crippen LogP contribution in [0, 0.1) is 0 Å². The number of aliphatic hydroxyl groups excluding tert-OH is 1. The molecule has 20 heavy (non-hydrogen) atoms. The van der Waals surface area contributed by atoms with Crippen LogP contribution >= 0.6 is 0 Å². The second-order valence-corrected chi connectivity index (χ2v) is 7.61. The third-order valence-electron chi connectivity index (χ3n) is 3.70. The van der Waals surface area contributed by atoms with Crippen molar-refractivity contribution >= 4 is 15.7 Å². The van der Waals surface area contributed by atoms with Crippen LogP contribution in [-0.4, -0.2) is 44.1 Å². The fourth-order valence-electron chi connectivity index (χ4n) is 2.39. The van der Waals surface area contributed by atoms with Gasteiger partial charge in [0.25, 0.3) is 0 Å². The first-order valence-corrected chi connectivity index (χ1v) is 8.31. The van der Waals surface area contributed by atoms with E-state index in [9.17, 15) is 13.5 Å². The zero-order valence-corrected chi connectivity index (χ0v) is 12.7. The molecular weight excluding hydrogens is 276 g/mol. The highest BCUT2D eigenvalue weighted by Crippen LogP contribution is 2.23. The van der Waals surface area contributed by atoms with E-state index in [2.05, 4.69) is 5.32 Å². The molecule has 1 aromatic carbocycles. The Morgan fingerprint density at radius 3 is 2.15 bits per heavy atom. The highest BCUT2D eigenvalue weighted by atomic mass is 32.2. The molecule has 1 aromatic rings. The monoisotopic (exact) mass is 298 g/mol. The molecule has 0 unspecified atom stereocenters. The predicted molar refractivity (Wildman–Crippen MR) is 79.2 cm³/mol. The summed E-state index contributed by atoms with van der Waals surface area (Å²) in [5.41, 5.74) is 0.920. The molecule has 0 heterocycles. The Kier molecular flexibility index (Phi) is 4.67. The fourth-order valence-corrected chi connectivity index (χ4v) is 3.29. The average molecular weight is 298 g/mol. The Bertz CT molecular complexity index is 532.